The van der Waals surface area contributed by atoms with Gasteiger partial charge in [0.25, 0.3) is 0 Å². The van der Waals surface area contributed by atoms with Gasteiger partial charge < -0.3 is 10.7 Å². The molecule has 1 heterocycles. The Kier molecular flexibility index (Phi) is 7.01. The molecule has 0 bridgehead atoms. The Morgan fingerprint density at radius 3 is 1.22 bits per heavy atom. The summed E-state index contributed by atoms with van der Waals surface area (Å²) < 4.78 is 0. The molecule has 0 unspecified atom stereocenters. The fourth-order valence-electron chi connectivity index (χ4n) is 6.78. The van der Waals surface area contributed by atoms with Gasteiger partial charge in [0, 0.05) is 27.5 Å². The number of anilines is 1. The van der Waals surface area contributed by atoms with Crippen LogP contribution in [0, 0.1) is 0 Å². The summed E-state index contributed by atoms with van der Waals surface area (Å²) in [5, 5.41) is 7.60. The molecule has 9 rings (SSSR count). The van der Waals surface area contributed by atoms with Gasteiger partial charge in [-0.15, -0.1) is 0 Å². The first-order valence-electron chi connectivity index (χ1n) is 15.7. The Balaban J connectivity index is 0.000000140. The van der Waals surface area contributed by atoms with E-state index < -0.39 is 0 Å². The predicted molar refractivity (Wildman–Crippen MR) is 198 cm³/mol. The summed E-state index contributed by atoms with van der Waals surface area (Å²) in [6.07, 6.45) is 0. The molecule has 0 amide bonds. The van der Waals surface area contributed by atoms with Gasteiger partial charge in [0.1, 0.15) is 0 Å². The standard InChI is InChI=1S/C26H18.C18H14N2/c1-3-11-19(12-4-1)25-21-15-7-9-17-23(21)26(20-13-5-2-6-14-20)24-18-10-8-16-22(24)25;19-13-10-15(12-6-2-1-3-7-12)18-16(11-13)14-8-4-5-9-17(14)20-18/h1-18H;1-11,20H,19H2. The normalized spacial score (nSPS) is 11.1. The Labute approximate surface area is 268 Å². The van der Waals surface area contributed by atoms with Crippen molar-refractivity contribution in [3.05, 3.63) is 176 Å². The lowest BCUT2D eigenvalue weighted by molar-refractivity contribution is 1.53. The molecule has 0 fully saturated rings. The van der Waals surface area contributed by atoms with Gasteiger partial charge in [-0.05, 0) is 67.6 Å². The number of fused-ring (bicyclic) bond motifs is 5. The molecule has 2 heteroatoms. The molecule has 0 aliphatic rings. The predicted octanol–water partition coefficient (Wildman–Crippen LogP) is 11.9. The molecule has 0 saturated heterocycles. The van der Waals surface area contributed by atoms with Gasteiger partial charge >= 0.3 is 0 Å². The third kappa shape index (κ3) is 4.87. The maximum atomic E-state index is 6.10. The average Bonchev–Trinajstić information content (AvgIpc) is 3.50. The first-order valence-corrected chi connectivity index (χ1v) is 15.7. The molecular formula is C44H32N2. The molecule has 218 valence electrons. The van der Waals surface area contributed by atoms with Gasteiger partial charge in [-0.2, -0.15) is 0 Å². The second kappa shape index (κ2) is 11.8. The number of hydrogen-bond acceptors (Lipinski definition) is 1. The number of H-pyrrole nitrogens is 1. The number of aromatic nitrogens is 1. The van der Waals surface area contributed by atoms with Gasteiger partial charge in [-0.1, -0.05) is 158 Å². The summed E-state index contributed by atoms with van der Waals surface area (Å²) in [6, 6.07) is 61.7. The maximum absolute atomic E-state index is 6.10. The molecular weight excluding hydrogens is 556 g/mol. The van der Waals surface area contributed by atoms with Crippen molar-refractivity contribution in [2.75, 3.05) is 5.73 Å². The van der Waals surface area contributed by atoms with Crippen LogP contribution in [0.3, 0.4) is 0 Å². The van der Waals surface area contributed by atoms with E-state index in [0.717, 1.165) is 22.3 Å². The van der Waals surface area contributed by atoms with E-state index in [-0.39, 0.29) is 0 Å². The zero-order valence-electron chi connectivity index (χ0n) is 25.3. The molecule has 1 aromatic heterocycles. The summed E-state index contributed by atoms with van der Waals surface area (Å²) in [7, 11) is 0. The Morgan fingerprint density at radius 2 is 0.739 bits per heavy atom. The number of para-hydroxylation sites is 1. The molecule has 3 N–H and O–H groups in total. The number of rotatable bonds is 3. The van der Waals surface area contributed by atoms with E-state index in [1.165, 1.54) is 60.1 Å². The molecule has 0 radical (unpaired) electrons. The lowest BCUT2D eigenvalue weighted by atomic mass is 9.86. The van der Waals surface area contributed by atoms with Crippen LogP contribution in [0.2, 0.25) is 0 Å². The van der Waals surface area contributed by atoms with Crippen molar-refractivity contribution in [2.24, 2.45) is 0 Å². The third-order valence-electron chi connectivity index (χ3n) is 8.78. The van der Waals surface area contributed by atoms with E-state index in [1.54, 1.807) is 0 Å². The number of aromatic amines is 1. The Hall–Kier alpha value is -6.12. The van der Waals surface area contributed by atoms with Crippen LogP contribution in [0.4, 0.5) is 5.69 Å². The first-order chi connectivity index (χ1) is 22.8. The lowest BCUT2D eigenvalue weighted by Crippen LogP contribution is -1.90. The van der Waals surface area contributed by atoms with Crippen LogP contribution in [0.1, 0.15) is 0 Å². The van der Waals surface area contributed by atoms with Crippen LogP contribution in [-0.2, 0) is 0 Å². The topological polar surface area (TPSA) is 41.8 Å². The van der Waals surface area contributed by atoms with Gasteiger partial charge in [0.05, 0.1) is 5.52 Å². The Bertz CT molecular complexity index is 2300. The highest BCUT2D eigenvalue weighted by Crippen LogP contribution is 2.43. The molecule has 8 aromatic carbocycles. The van der Waals surface area contributed by atoms with Crippen molar-refractivity contribution in [3.8, 4) is 33.4 Å². The molecule has 0 aliphatic carbocycles. The van der Waals surface area contributed by atoms with Crippen LogP contribution in [0.25, 0.3) is 76.7 Å². The highest BCUT2D eigenvalue weighted by atomic mass is 14.7. The quantitative estimate of drug-likeness (QED) is 0.156. The molecule has 9 aromatic rings. The van der Waals surface area contributed by atoms with E-state index in [0.29, 0.717) is 0 Å². The van der Waals surface area contributed by atoms with Crippen molar-refractivity contribution in [1.29, 1.82) is 0 Å². The molecule has 46 heavy (non-hydrogen) atoms. The van der Waals surface area contributed by atoms with Gasteiger partial charge in [-0.25, -0.2) is 0 Å². The smallest absolute Gasteiger partial charge is 0.0546 e. The van der Waals surface area contributed by atoms with E-state index in [2.05, 4.69) is 145 Å². The molecule has 0 spiro atoms. The summed E-state index contributed by atoms with van der Waals surface area (Å²) in [6.45, 7) is 0. The van der Waals surface area contributed by atoms with Crippen molar-refractivity contribution < 1.29 is 0 Å². The fourth-order valence-corrected chi connectivity index (χ4v) is 6.78. The van der Waals surface area contributed by atoms with E-state index >= 15 is 0 Å². The Morgan fingerprint density at radius 1 is 0.348 bits per heavy atom. The maximum Gasteiger partial charge on any atom is 0.0546 e. The number of nitrogen functional groups attached to an aromatic ring is 1. The van der Waals surface area contributed by atoms with E-state index in [1.807, 2.05) is 36.4 Å². The second-order valence-corrected chi connectivity index (χ2v) is 11.6. The van der Waals surface area contributed by atoms with Crippen molar-refractivity contribution in [2.45, 2.75) is 0 Å². The summed E-state index contributed by atoms with van der Waals surface area (Å²) in [4.78, 5) is 3.52. The zero-order chi connectivity index (χ0) is 30.9. The highest BCUT2D eigenvalue weighted by Gasteiger charge is 2.16. The number of nitrogens with two attached hydrogens (primary N) is 1. The summed E-state index contributed by atoms with van der Waals surface area (Å²) in [5.74, 6) is 0. The SMILES string of the molecule is Nc1cc(-c2ccccc2)c2[nH]c3ccccc3c2c1.c1ccc(-c2c3ccccc3c(-c3ccccc3)c3ccccc23)cc1. The van der Waals surface area contributed by atoms with Crippen molar-refractivity contribution in [3.63, 3.8) is 0 Å². The van der Waals surface area contributed by atoms with E-state index in [9.17, 15) is 0 Å². The first kappa shape index (κ1) is 27.4. The van der Waals surface area contributed by atoms with Gasteiger partial charge in [-0.3, -0.25) is 0 Å². The number of nitrogens with one attached hydrogen (secondary N) is 1. The molecule has 0 aliphatic heterocycles. The third-order valence-corrected chi connectivity index (χ3v) is 8.78. The van der Waals surface area contributed by atoms with Crippen LogP contribution in [0.5, 0.6) is 0 Å². The summed E-state index contributed by atoms with van der Waals surface area (Å²) >= 11 is 0. The second-order valence-electron chi connectivity index (χ2n) is 11.6. The summed E-state index contributed by atoms with van der Waals surface area (Å²) in [5.41, 5.74) is 16.7. The largest absolute Gasteiger partial charge is 0.399 e. The van der Waals surface area contributed by atoms with Crippen LogP contribution in [0.15, 0.2) is 176 Å². The number of benzene rings is 8. The highest BCUT2D eigenvalue weighted by molar-refractivity contribution is 6.21. The lowest BCUT2D eigenvalue weighted by Gasteiger charge is -2.17. The zero-order valence-corrected chi connectivity index (χ0v) is 25.3. The van der Waals surface area contributed by atoms with Crippen molar-refractivity contribution in [1.82, 2.24) is 4.98 Å². The molecule has 2 nitrogen and oxygen atoms in total. The van der Waals surface area contributed by atoms with Gasteiger partial charge in [0.15, 0.2) is 0 Å². The van der Waals surface area contributed by atoms with Crippen LogP contribution in [-0.4, -0.2) is 4.98 Å². The molecule has 0 atom stereocenters. The molecule has 0 saturated carbocycles. The minimum Gasteiger partial charge on any atom is -0.399 e. The van der Waals surface area contributed by atoms with Crippen LogP contribution < -0.4 is 5.73 Å². The van der Waals surface area contributed by atoms with E-state index in [4.69, 9.17) is 5.73 Å². The minimum atomic E-state index is 0.793. The fraction of sp³-hybridized carbons (Fsp3) is 0. The monoisotopic (exact) mass is 588 g/mol. The van der Waals surface area contributed by atoms with Crippen molar-refractivity contribution >= 4 is 49.0 Å². The number of hydrogen-bond donors (Lipinski definition) is 2. The average molecular weight is 589 g/mol. The van der Waals surface area contributed by atoms with Crippen LogP contribution >= 0.6 is 0 Å². The van der Waals surface area contributed by atoms with Gasteiger partial charge in [0.2, 0.25) is 0 Å². The minimum absolute atomic E-state index is 0.793.